The Hall–Kier alpha value is -1.44. The maximum atomic E-state index is 11.7. The van der Waals surface area contributed by atoms with Crippen molar-refractivity contribution in [2.75, 3.05) is 0 Å². The summed E-state index contributed by atoms with van der Waals surface area (Å²) in [4.78, 5) is 23.2. The molecule has 0 spiro atoms. The summed E-state index contributed by atoms with van der Waals surface area (Å²) in [5.41, 5.74) is 2.09. The molecule has 0 bridgehead atoms. The maximum Gasteiger partial charge on any atom is 0.140 e. The SMILES string of the molecule is CCC(=O)C1CC(=O)Cc2ccccc21. The van der Waals surface area contributed by atoms with Crippen molar-refractivity contribution in [3.63, 3.8) is 0 Å². The monoisotopic (exact) mass is 202 g/mol. The molecule has 0 N–H and O–H groups in total. The summed E-state index contributed by atoms with van der Waals surface area (Å²) < 4.78 is 0. The van der Waals surface area contributed by atoms with Crippen LogP contribution < -0.4 is 0 Å². The van der Waals surface area contributed by atoms with Crippen molar-refractivity contribution in [3.05, 3.63) is 35.4 Å². The molecule has 1 aromatic carbocycles. The van der Waals surface area contributed by atoms with E-state index in [1.165, 1.54) is 0 Å². The van der Waals surface area contributed by atoms with Gasteiger partial charge in [0.25, 0.3) is 0 Å². The molecule has 1 aliphatic rings. The molecule has 0 radical (unpaired) electrons. The second-order valence-electron chi connectivity index (χ2n) is 3.99. The molecule has 1 aliphatic carbocycles. The highest BCUT2D eigenvalue weighted by atomic mass is 16.1. The minimum Gasteiger partial charge on any atom is -0.299 e. The van der Waals surface area contributed by atoms with Crippen LogP contribution in [0.25, 0.3) is 0 Å². The van der Waals surface area contributed by atoms with Gasteiger partial charge < -0.3 is 0 Å². The second-order valence-corrected chi connectivity index (χ2v) is 3.99. The fraction of sp³-hybridized carbons (Fsp3) is 0.385. The number of carbonyl (C=O) groups is 2. The summed E-state index contributed by atoms with van der Waals surface area (Å²) in [5, 5.41) is 0. The molecule has 0 aliphatic heterocycles. The Bertz CT molecular complexity index is 407. The van der Waals surface area contributed by atoms with Gasteiger partial charge in [0, 0.05) is 25.2 Å². The van der Waals surface area contributed by atoms with Gasteiger partial charge in [0.1, 0.15) is 11.6 Å². The lowest BCUT2D eigenvalue weighted by Gasteiger charge is -2.23. The topological polar surface area (TPSA) is 34.1 Å². The van der Waals surface area contributed by atoms with E-state index < -0.39 is 0 Å². The largest absolute Gasteiger partial charge is 0.299 e. The van der Waals surface area contributed by atoms with E-state index in [9.17, 15) is 9.59 Å². The molecular weight excluding hydrogens is 188 g/mol. The van der Waals surface area contributed by atoms with Crippen molar-refractivity contribution in [3.8, 4) is 0 Å². The van der Waals surface area contributed by atoms with Gasteiger partial charge in [-0.3, -0.25) is 9.59 Å². The number of rotatable bonds is 2. The minimum absolute atomic E-state index is 0.176. The van der Waals surface area contributed by atoms with Crippen molar-refractivity contribution >= 4 is 11.6 Å². The quantitative estimate of drug-likeness (QED) is 0.737. The number of Topliss-reactive ketones (excluding diaryl/α,β-unsaturated/α-hetero) is 2. The van der Waals surface area contributed by atoms with Crippen LogP contribution >= 0.6 is 0 Å². The van der Waals surface area contributed by atoms with Crippen molar-refractivity contribution < 1.29 is 9.59 Å². The van der Waals surface area contributed by atoms with Crippen LogP contribution in [0.4, 0.5) is 0 Å². The molecule has 2 rings (SSSR count). The molecule has 0 saturated carbocycles. The third-order valence-corrected chi connectivity index (χ3v) is 2.99. The highest BCUT2D eigenvalue weighted by Crippen LogP contribution is 2.30. The molecular formula is C13H14O2. The van der Waals surface area contributed by atoms with E-state index in [-0.39, 0.29) is 17.5 Å². The lowest BCUT2D eigenvalue weighted by molar-refractivity contribution is -0.125. The first-order valence-electron chi connectivity index (χ1n) is 5.34. The molecule has 0 amide bonds. The smallest absolute Gasteiger partial charge is 0.140 e. The molecule has 1 unspecified atom stereocenters. The van der Waals surface area contributed by atoms with Crippen LogP contribution in [0.15, 0.2) is 24.3 Å². The fourth-order valence-electron chi connectivity index (χ4n) is 2.19. The van der Waals surface area contributed by atoms with E-state index in [1.54, 1.807) is 0 Å². The predicted octanol–water partition coefficient (Wildman–Crippen LogP) is 2.26. The average Bonchev–Trinajstić information content (AvgIpc) is 2.26. The summed E-state index contributed by atoms with van der Waals surface area (Å²) in [6.45, 7) is 1.85. The Morgan fingerprint density at radius 1 is 1.40 bits per heavy atom. The minimum atomic E-state index is -0.188. The zero-order chi connectivity index (χ0) is 10.8. The number of carbonyl (C=O) groups excluding carboxylic acids is 2. The van der Waals surface area contributed by atoms with Crippen LogP contribution in [0.5, 0.6) is 0 Å². The molecule has 0 fully saturated rings. The first-order valence-corrected chi connectivity index (χ1v) is 5.34. The zero-order valence-corrected chi connectivity index (χ0v) is 8.82. The molecule has 2 heteroatoms. The van der Waals surface area contributed by atoms with Gasteiger partial charge in [0.2, 0.25) is 0 Å². The first-order chi connectivity index (χ1) is 7.22. The summed E-state index contributed by atoms with van der Waals surface area (Å²) in [6.07, 6.45) is 1.39. The normalized spacial score (nSPS) is 19.8. The van der Waals surface area contributed by atoms with E-state index in [0.717, 1.165) is 11.1 Å². The fourth-order valence-corrected chi connectivity index (χ4v) is 2.19. The molecule has 0 aromatic heterocycles. The summed E-state index contributed by atoms with van der Waals surface area (Å²) >= 11 is 0. The lowest BCUT2D eigenvalue weighted by Crippen LogP contribution is -2.23. The van der Waals surface area contributed by atoms with Gasteiger partial charge >= 0.3 is 0 Å². The van der Waals surface area contributed by atoms with Crippen molar-refractivity contribution in [1.29, 1.82) is 0 Å². The maximum absolute atomic E-state index is 11.7. The zero-order valence-electron chi connectivity index (χ0n) is 8.82. The van der Waals surface area contributed by atoms with Crippen LogP contribution in [0.1, 0.15) is 36.8 Å². The Balaban J connectivity index is 2.42. The van der Waals surface area contributed by atoms with Crippen LogP contribution in [0, 0.1) is 0 Å². The Morgan fingerprint density at radius 3 is 2.87 bits per heavy atom. The van der Waals surface area contributed by atoms with Crippen molar-refractivity contribution in [2.45, 2.75) is 32.1 Å². The summed E-state index contributed by atoms with van der Waals surface area (Å²) in [5.74, 6) is 0.170. The van der Waals surface area contributed by atoms with E-state index in [1.807, 2.05) is 31.2 Å². The molecule has 1 atom stereocenters. The van der Waals surface area contributed by atoms with Gasteiger partial charge in [-0.05, 0) is 11.1 Å². The van der Waals surface area contributed by atoms with E-state index in [4.69, 9.17) is 0 Å². The van der Waals surface area contributed by atoms with Crippen LogP contribution in [0.3, 0.4) is 0 Å². The second kappa shape index (κ2) is 3.97. The summed E-state index contributed by atoms with van der Waals surface area (Å²) in [6, 6.07) is 7.78. The molecule has 0 heterocycles. The Labute approximate surface area is 89.3 Å². The van der Waals surface area contributed by atoms with Crippen molar-refractivity contribution in [2.24, 2.45) is 0 Å². The molecule has 1 aromatic rings. The standard InChI is InChI=1S/C13H14O2/c1-2-13(15)12-8-10(14)7-9-5-3-4-6-11(9)12/h3-6,12H,2,7-8H2,1H3. The van der Waals surface area contributed by atoms with Gasteiger partial charge in [0.15, 0.2) is 0 Å². The Morgan fingerprint density at radius 2 is 2.13 bits per heavy atom. The van der Waals surface area contributed by atoms with Gasteiger partial charge in [-0.1, -0.05) is 31.2 Å². The number of hydrogen-bond acceptors (Lipinski definition) is 2. The van der Waals surface area contributed by atoms with E-state index >= 15 is 0 Å². The van der Waals surface area contributed by atoms with Crippen LogP contribution in [-0.2, 0) is 16.0 Å². The van der Waals surface area contributed by atoms with Gasteiger partial charge in [-0.2, -0.15) is 0 Å². The number of benzene rings is 1. The van der Waals surface area contributed by atoms with E-state index in [2.05, 4.69) is 0 Å². The molecule has 2 nitrogen and oxygen atoms in total. The van der Waals surface area contributed by atoms with Gasteiger partial charge in [-0.25, -0.2) is 0 Å². The molecule has 78 valence electrons. The van der Waals surface area contributed by atoms with Crippen LogP contribution in [-0.4, -0.2) is 11.6 Å². The molecule has 0 saturated heterocycles. The number of fused-ring (bicyclic) bond motifs is 1. The predicted molar refractivity (Wildman–Crippen MR) is 57.8 cm³/mol. The van der Waals surface area contributed by atoms with Crippen molar-refractivity contribution in [1.82, 2.24) is 0 Å². The highest BCUT2D eigenvalue weighted by Gasteiger charge is 2.28. The lowest BCUT2D eigenvalue weighted by atomic mass is 9.79. The number of ketones is 2. The van der Waals surface area contributed by atoms with Gasteiger partial charge in [-0.15, -0.1) is 0 Å². The average molecular weight is 202 g/mol. The Kier molecular flexibility index (Phi) is 2.67. The highest BCUT2D eigenvalue weighted by molar-refractivity contribution is 5.95. The first kappa shape index (κ1) is 10.1. The molecule has 15 heavy (non-hydrogen) atoms. The van der Waals surface area contributed by atoms with E-state index in [0.29, 0.717) is 19.3 Å². The third-order valence-electron chi connectivity index (χ3n) is 2.99. The van der Waals surface area contributed by atoms with Crippen LogP contribution in [0.2, 0.25) is 0 Å². The third kappa shape index (κ3) is 1.84. The summed E-state index contributed by atoms with van der Waals surface area (Å²) in [7, 11) is 0. The number of hydrogen-bond donors (Lipinski definition) is 0. The van der Waals surface area contributed by atoms with Gasteiger partial charge in [0.05, 0.1) is 0 Å².